The lowest BCUT2D eigenvalue weighted by Crippen LogP contribution is -1.88. The maximum Gasteiger partial charge on any atom is 0.254 e. The van der Waals surface area contributed by atoms with Gasteiger partial charge in [-0.2, -0.15) is 15.2 Å². The lowest BCUT2D eigenvalue weighted by atomic mass is 10.1. The van der Waals surface area contributed by atoms with Crippen LogP contribution in [0.3, 0.4) is 0 Å². The molecule has 1 N–H and O–H groups in total. The smallest absolute Gasteiger partial charge is 0.254 e. The van der Waals surface area contributed by atoms with E-state index in [1.807, 2.05) is 6.07 Å². The molecule has 0 aliphatic rings. The number of aromatic hydroxyl groups is 1. The van der Waals surface area contributed by atoms with Crippen LogP contribution in [0.4, 0.5) is 0 Å². The zero-order valence-corrected chi connectivity index (χ0v) is 10.4. The lowest BCUT2D eigenvalue weighted by Gasteiger charge is -2.02. The van der Waals surface area contributed by atoms with Crippen molar-refractivity contribution in [2.45, 2.75) is 0 Å². The topological polar surface area (TPSA) is 105 Å². The number of rotatable bonds is 2. The summed E-state index contributed by atoms with van der Waals surface area (Å²) in [5, 5.41) is 18.6. The number of nitriles is 1. The summed E-state index contributed by atoms with van der Waals surface area (Å²) in [6, 6.07) is 6.97. The van der Waals surface area contributed by atoms with Crippen LogP contribution in [0, 0.1) is 11.3 Å². The monoisotopic (exact) mass is 268 g/mol. The van der Waals surface area contributed by atoms with E-state index < -0.39 is 0 Å². The summed E-state index contributed by atoms with van der Waals surface area (Å²) < 4.78 is 10.5. The van der Waals surface area contributed by atoms with Gasteiger partial charge in [0.15, 0.2) is 5.52 Å². The van der Waals surface area contributed by atoms with E-state index in [0.29, 0.717) is 16.9 Å². The first kappa shape index (κ1) is 11.9. The Hall–Kier alpha value is -3.14. The molecule has 0 unspecified atom stereocenters. The predicted octanol–water partition coefficient (Wildman–Crippen LogP) is 1.87. The van der Waals surface area contributed by atoms with Gasteiger partial charge in [0.2, 0.25) is 11.8 Å². The average molecular weight is 268 g/mol. The van der Waals surface area contributed by atoms with E-state index in [9.17, 15) is 5.11 Å². The first-order valence-corrected chi connectivity index (χ1v) is 5.62. The molecular formula is C13H8N4O3. The molecule has 0 bridgehead atoms. The molecule has 3 rings (SSSR count). The van der Waals surface area contributed by atoms with Crippen LogP contribution in [0.1, 0.15) is 5.56 Å². The zero-order chi connectivity index (χ0) is 14.1. The zero-order valence-electron chi connectivity index (χ0n) is 10.4. The summed E-state index contributed by atoms with van der Waals surface area (Å²) in [5.41, 5.74) is 1.31. The Morgan fingerprint density at radius 2 is 2.20 bits per heavy atom. The molecule has 1 aromatic carbocycles. The van der Waals surface area contributed by atoms with Crippen molar-refractivity contribution in [2.24, 2.45) is 0 Å². The number of oxazole rings is 1. The lowest BCUT2D eigenvalue weighted by molar-refractivity contribution is 0.413. The van der Waals surface area contributed by atoms with Gasteiger partial charge in [0.05, 0.1) is 12.7 Å². The highest BCUT2D eigenvalue weighted by Gasteiger charge is 2.14. The fourth-order valence-corrected chi connectivity index (χ4v) is 1.79. The van der Waals surface area contributed by atoms with Crippen LogP contribution in [0.5, 0.6) is 11.6 Å². The van der Waals surface area contributed by atoms with Crippen molar-refractivity contribution < 1.29 is 14.3 Å². The van der Waals surface area contributed by atoms with Crippen molar-refractivity contribution in [3.05, 3.63) is 30.1 Å². The molecule has 20 heavy (non-hydrogen) atoms. The van der Waals surface area contributed by atoms with Crippen LogP contribution >= 0.6 is 0 Å². The number of nitrogens with zero attached hydrogens (tertiary/aromatic N) is 4. The quantitative estimate of drug-likeness (QED) is 0.756. The average Bonchev–Trinajstić information content (AvgIpc) is 2.92. The van der Waals surface area contributed by atoms with Gasteiger partial charge < -0.3 is 14.3 Å². The van der Waals surface area contributed by atoms with Crippen LogP contribution in [0.2, 0.25) is 0 Å². The Bertz CT molecular complexity index is 835. The van der Waals surface area contributed by atoms with Crippen LogP contribution < -0.4 is 4.74 Å². The van der Waals surface area contributed by atoms with Gasteiger partial charge >= 0.3 is 0 Å². The van der Waals surface area contributed by atoms with E-state index in [-0.39, 0.29) is 23.0 Å². The third kappa shape index (κ3) is 1.80. The highest BCUT2D eigenvalue weighted by Crippen LogP contribution is 2.29. The molecule has 7 nitrogen and oxygen atoms in total. The second-order valence-electron chi connectivity index (χ2n) is 3.90. The fraction of sp³-hybridized carbons (Fsp3) is 0.0769. The molecule has 3 aromatic rings. The second-order valence-corrected chi connectivity index (χ2v) is 3.90. The van der Waals surface area contributed by atoms with Crippen molar-refractivity contribution in [2.75, 3.05) is 7.11 Å². The number of methoxy groups -OCH3 is 1. The molecule has 98 valence electrons. The molecule has 0 fully saturated rings. The normalized spacial score (nSPS) is 10.4. The minimum Gasteiger partial charge on any atom is -0.495 e. The minimum absolute atomic E-state index is 0.178. The number of hydrogen-bond donors (Lipinski definition) is 1. The van der Waals surface area contributed by atoms with Crippen LogP contribution in [-0.2, 0) is 0 Å². The molecular weight excluding hydrogens is 260 g/mol. The van der Waals surface area contributed by atoms with Crippen LogP contribution in [-0.4, -0.2) is 27.2 Å². The van der Waals surface area contributed by atoms with Crippen molar-refractivity contribution in [1.29, 1.82) is 5.26 Å². The van der Waals surface area contributed by atoms with Gasteiger partial charge in [0.25, 0.3) is 5.71 Å². The summed E-state index contributed by atoms with van der Waals surface area (Å²) in [4.78, 5) is 11.6. The predicted molar refractivity (Wildman–Crippen MR) is 68.0 cm³/mol. The Balaban J connectivity index is 2.16. The molecule has 0 aliphatic carbocycles. The third-order valence-electron chi connectivity index (χ3n) is 2.74. The molecule has 2 heterocycles. The largest absolute Gasteiger partial charge is 0.495 e. The summed E-state index contributed by atoms with van der Waals surface area (Å²) in [6.07, 6.45) is 1.18. The minimum atomic E-state index is -0.251. The molecule has 0 amide bonds. The summed E-state index contributed by atoms with van der Waals surface area (Å²) in [6.45, 7) is 0. The molecule has 0 saturated carbocycles. The van der Waals surface area contributed by atoms with Crippen molar-refractivity contribution in [3.63, 3.8) is 0 Å². The highest BCUT2D eigenvalue weighted by atomic mass is 16.5. The number of aromatic nitrogens is 3. The Labute approximate surface area is 113 Å². The molecule has 0 atom stereocenters. The van der Waals surface area contributed by atoms with E-state index in [4.69, 9.17) is 14.4 Å². The number of benzene rings is 1. The van der Waals surface area contributed by atoms with Crippen molar-refractivity contribution in [3.8, 4) is 29.2 Å². The molecule has 0 spiro atoms. The van der Waals surface area contributed by atoms with Gasteiger partial charge in [-0.05, 0) is 18.2 Å². The number of fused-ring (bicyclic) bond motifs is 1. The van der Waals surface area contributed by atoms with Gasteiger partial charge in [0.1, 0.15) is 18.1 Å². The van der Waals surface area contributed by atoms with E-state index in [1.165, 1.54) is 13.4 Å². The number of hydrogen-bond acceptors (Lipinski definition) is 7. The van der Waals surface area contributed by atoms with Crippen molar-refractivity contribution >= 4 is 11.2 Å². The molecule has 7 heteroatoms. The van der Waals surface area contributed by atoms with E-state index in [2.05, 4.69) is 15.0 Å². The Kier molecular flexibility index (Phi) is 2.69. The molecule has 0 radical (unpaired) electrons. The van der Waals surface area contributed by atoms with Gasteiger partial charge in [-0.1, -0.05) is 0 Å². The van der Waals surface area contributed by atoms with Crippen LogP contribution in [0.15, 0.2) is 28.9 Å². The van der Waals surface area contributed by atoms with E-state index in [1.54, 1.807) is 18.2 Å². The SMILES string of the molecule is COc1ccc(-c2nc3c(O)ncnc3o2)cc1C#N. The second kappa shape index (κ2) is 4.51. The van der Waals surface area contributed by atoms with Gasteiger partial charge in [0, 0.05) is 5.56 Å². The van der Waals surface area contributed by atoms with E-state index in [0.717, 1.165) is 0 Å². The first-order chi connectivity index (χ1) is 9.72. The maximum absolute atomic E-state index is 9.57. The highest BCUT2D eigenvalue weighted by molar-refractivity contribution is 5.77. The molecule has 0 saturated heterocycles. The van der Waals surface area contributed by atoms with Gasteiger partial charge in [-0.3, -0.25) is 0 Å². The molecule has 2 aromatic heterocycles. The summed E-state index contributed by atoms with van der Waals surface area (Å²) in [7, 11) is 1.49. The van der Waals surface area contributed by atoms with E-state index >= 15 is 0 Å². The first-order valence-electron chi connectivity index (χ1n) is 5.62. The standard InChI is InChI=1S/C13H8N4O3/c1-19-9-3-2-7(4-8(9)5-14)12-17-10-11(18)15-6-16-13(10)20-12/h2-4,6H,1H3,(H,15,16,18). The Morgan fingerprint density at radius 3 is 2.90 bits per heavy atom. The molecule has 0 aliphatic heterocycles. The third-order valence-corrected chi connectivity index (χ3v) is 2.74. The Morgan fingerprint density at radius 1 is 1.35 bits per heavy atom. The van der Waals surface area contributed by atoms with Crippen LogP contribution in [0.25, 0.3) is 22.7 Å². The van der Waals surface area contributed by atoms with Gasteiger partial charge in [-0.25, -0.2) is 4.98 Å². The summed E-state index contributed by atoms with van der Waals surface area (Å²) >= 11 is 0. The fourth-order valence-electron chi connectivity index (χ4n) is 1.79. The number of ether oxygens (including phenoxy) is 1. The van der Waals surface area contributed by atoms with Crippen molar-refractivity contribution in [1.82, 2.24) is 15.0 Å². The summed E-state index contributed by atoms with van der Waals surface area (Å²) in [5.74, 6) is 0.462. The van der Waals surface area contributed by atoms with Gasteiger partial charge in [-0.15, -0.1) is 0 Å². The maximum atomic E-state index is 9.57.